The normalized spacial score (nSPS) is 18.2. The zero-order chi connectivity index (χ0) is 15.5. The Kier molecular flexibility index (Phi) is 3.90. The highest BCUT2D eigenvalue weighted by atomic mass is 16.2. The largest absolute Gasteiger partial charge is 0.347 e. The van der Waals surface area contributed by atoms with Crippen LogP contribution in [0.3, 0.4) is 0 Å². The van der Waals surface area contributed by atoms with Crippen molar-refractivity contribution in [3.63, 3.8) is 0 Å². The number of aromatic nitrogens is 4. The number of carbonyl (C=O) groups is 2. The molecule has 1 atom stereocenters. The number of nitrogens with zero attached hydrogens (tertiary/aromatic N) is 4. The minimum Gasteiger partial charge on any atom is -0.347 e. The van der Waals surface area contributed by atoms with E-state index >= 15 is 0 Å². The number of imidazole rings is 1. The van der Waals surface area contributed by atoms with E-state index in [1.165, 1.54) is 6.20 Å². The molecule has 0 aliphatic carbocycles. The quantitative estimate of drug-likeness (QED) is 0.803. The molecule has 1 saturated heterocycles. The van der Waals surface area contributed by atoms with Gasteiger partial charge < -0.3 is 15.2 Å². The number of nitrogens with one attached hydrogen (secondary N) is 2. The van der Waals surface area contributed by atoms with Gasteiger partial charge in [-0.05, 0) is 19.3 Å². The number of carbonyl (C=O) groups excluding carboxylic acids is 2. The molecule has 2 N–H and O–H groups in total. The molecular formula is C14H18N6O2. The van der Waals surface area contributed by atoms with Crippen LogP contribution < -0.4 is 5.32 Å². The molecule has 1 aliphatic heterocycles. The van der Waals surface area contributed by atoms with Crippen LogP contribution >= 0.6 is 0 Å². The van der Waals surface area contributed by atoms with Gasteiger partial charge in [0.2, 0.25) is 0 Å². The topological polar surface area (TPSA) is 95.9 Å². The third-order valence-electron chi connectivity index (χ3n) is 3.76. The third-order valence-corrected chi connectivity index (χ3v) is 3.76. The maximum atomic E-state index is 12.5. The molecule has 1 fully saturated rings. The number of aromatic amines is 1. The van der Waals surface area contributed by atoms with Crippen LogP contribution in [0.25, 0.3) is 0 Å². The first-order valence-corrected chi connectivity index (χ1v) is 7.25. The van der Waals surface area contributed by atoms with Crippen molar-refractivity contribution in [2.75, 3.05) is 11.9 Å². The average molecular weight is 302 g/mol. The Hall–Kier alpha value is -2.64. The number of aryl methyl sites for hydroxylation is 1. The number of piperidine rings is 1. The second kappa shape index (κ2) is 6.00. The maximum absolute atomic E-state index is 12.5. The van der Waals surface area contributed by atoms with E-state index in [1.807, 2.05) is 0 Å². The summed E-state index contributed by atoms with van der Waals surface area (Å²) in [6.07, 6.45) is 9.24. The summed E-state index contributed by atoms with van der Waals surface area (Å²) in [5.74, 6) is -0.460. The van der Waals surface area contributed by atoms with Crippen LogP contribution in [0.1, 0.15) is 31.1 Å². The van der Waals surface area contributed by atoms with Crippen LogP contribution in [-0.4, -0.2) is 43.0 Å². The van der Waals surface area contributed by atoms with E-state index in [1.54, 1.807) is 35.2 Å². The van der Waals surface area contributed by atoms with E-state index < -0.39 is 11.8 Å². The van der Waals surface area contributed by atoms with Crippen molar-refractivity contribution < 1.29 is 9.59 Å². The fourth-order valence-corrected chi connectivity index (χ4v) is 2.72. The van der Waals surface area contributed by atoms with Crippen molar-refractivity contribution in [2.45, 2.75) is 25.3 Å². The lowest BCUT2D eigenvalue weighted by molar-refractivity contribution is -0.146. The van der Waals surface area contributed by atoms with Gasteiger partial charge in [-0.3, -0.25) is 14.3 Å². The summed E-state index contributed by atoms with van der Waals surface area (Å²) in [6, 6.07) is -0.170. The minimum absolute atomic E-state index is 0.170. The van der Waals surface area contributed by atoms with Gasteiger partial charge in [0.25, 0.3) is 0 Å². The van der Waals surface area contributed by atoms with E-state index in [-0.39, 0.29) is 6.04 Å². The molecule has 0 saturated carbocycles. The second-order valence-electron chi connectivity index (χ2n) is 5.34. The molecule has 22 heavy (non-hydrogen) atoms. The molecule has 3 rings (SSSR count). The lowest BCUT2D eigenvalue weighted by atomic mass is 10.0. The zero-order valence-corrected chi connectivity index (χ0v) is 12.3. The van der Waals surface area contributed by atoms with E-state index in [4.69, 9.17) is 0 Å². The van der Waals surface area contributed by atoms with Gasteiger partial charge in [0.05, 0.1) is 17.9 Å². The van der Waals surface area contributed by atoms with Crippen LogP contribution in [0.5, 0.6) is 0 Å². The Morgan fingerprint density at radius 2 is 2.27 bits per heavy atom. The van der Waals surface area contributed by atoms with Crippen LogP contribution in [-0.2, 0) is 16.6 Å². The summed E-state index contributed by atoms with van der Waals surface area (Å²) >= 11 is 0. The second-order valence-corrected chi connectivity index (χ2v) is 5.34. The van der Waals surface area contributed by atoms with Crippen molar-refractivity contribution in [2.24, 2.45) is 7.05 Å². The Balaban J connectivity index is 1.72. The summed E-state index contributed by atoms with van der Waals surface area (Å²) in [5, 5.41) is 6.54. The lowest BCUT2D eigenvalue weighted by Gasteiger charge is -2.33. The number of amides is 2. The molecule has 2 aromatic rings. The molecule has 1 unspecified atom stereocenters. The number of rotatable bonds is 2. The molecule has 8 heteroatoms. The Morgan fingerprint density at radius 3 is 2.95 bits per heavy atom. The van der Waals surface area contributed by atoms with E-state index in [0.717, 1.165) is 25.1 Å². The van der Waals surface area contributed by atoms with Gasteiger partial charge in [0.1, 0.15) is 5.82 Å². The first-order valence-electron chi connectivity index (χ1n) is 7.25. The minimum atomic E-state index is -0.647. The lowest BCUT2D eigenvalue weighted by Crippen LogP contribution is -2.44. The number of anilines is 1. The van der Waals surface area contributed by atoms with Crippen LogP contribution in [0.4, 0.5) is 5.69 Å². The van der Waals surface area contributed by atoms with Crippen molar-refractivity contribution in [3.05, 3.63) is 30.6 Å². The van der Waals surface area contributed by atoms with Crippen LogP contribution in [0.15, 0.2) is 24.8 Å². The van der Waals surface area contributed by atoms with Crippen LogP contribution in [0.2, 0.25) is 0 Å². The van der Waals surface area contributed by atoms with Gasteiger partial charge in [-0.1, -0.05) is 0 Å². The van der Waals surface area contributed by atoms with Gasteiger partial charge in [-0.15, -0.1) is 0 Å². The number of hydrogen-bond acceptors (Lipinski definition) is 4. The molecule has 0 aromatic carbocycles. The molecule has 3 heterocycles. The van der Waals surface area contributed by atoms with Gasteiger partial charge in [0.15, 0.2) is 0 Å². The molecule has 2 aromatic heterocycles. The summed E-state index contributed by atoms with van der Waals surface area (Å²) in [5.41, 5.74) is 0.507. The summed E-state index contributed by atoms with van der Waals surface area (Å²) in [6.45, 7) is 0.560. The number of H-pyrrole nitrogens is 1. The van der Waals surface area contributed by atoms with E-state index in [2.05, 4.69) is 20.4 Å². The smallest absolute Gasteiger partial charge is 0.314 e. The van der Waals surface area contributed by atoms with Gasteiger partial charge in [-0.25, -0.2) is 4.98 Å². The molecule has 2 amide bonds. The standard InChI is InChI=1S/C14H18N6O2/c1-19-9-10(8-17-19)18-13(21)14(22)20-7-3-2-4-11(20)12-15-5-6-16-12/h5-6,8-9,11H,2-4,7H2,1H3,(H,15,16)(H,18,21). The SMILES string of the molecule is Cn1cc(NC(=O)C(=O)N2CCCCC2c2ncc[nH]2)cn1. The number of likely N-dealkylation sites (tertiary alicyclic amines) is 1. The van der Waals surface area contributed by atoms with E-state index in [9.17, 15) is 9.59 Å². The Morgan fingerprint density at radius 1 is 1.41 bits per heavy atom. The van der Waals surface area contributed by atoms with Gasteiger partial charge in [-0.2, -0.15) is 5.10 Å². The molecule has 8 nitrogen and oxygen atoms in total. The zero-order valence-electron chi connectivity index (χ0n) is 12.3. The van der Waals surface area contributed by atoms with E-state index in [0.29, 0.717) is 12.2 Å². The summed E-state index contributed by atoms with van der Waals surface area (Å²) in [4.78, 5) is 33.5. The van der Waals surface area contributed by atoms with Crippen molar-refractivity contribution in [1.82, 2.24) is 24.6 Å². The van der Waals surface area contributed by atoms with Gasteiger partial charge >= 0.3 is 11.8 Å². The molecular weight excluding hydrogens is 284 g/mol. The molecule has 0 bridgehead atoms. The highest BCUT2D eigenvalue weighted by molar-refractivity contribution is 6.39. The van der Waals surface area contributed by atoms with Gasteiger partial charge in [0, 0.05) is 32.2 Å². The average Bonchev–Trinajstić information content (AvgIpc) is 3.18. The predicted molar refractivity (Wildman–Crippen MR) is 78.7 cm³/mol. The van der Waals surface area contributed by atoms with Crippen LogP contribution in [0, 0.1) is 0 Å². The Bertz CT molecular complexity index is 663. The monoisotopic (exact) mass is 302 g/mol. The summed E-state index contributed by atoms with van der Waals surface area (Å²) in [7, 11) is 1.75. The summed E-state index contributed by atoms with van der Waals surface area (Å²) < 4.78 is 1.56. The fraction of sp³-hybridized carbons (Fsp3) is 0.429. The highest BCUT2D eigenvalue weighted by Crippen LogP contribution is 2.28. The fourth-order valence-electron chi connectivity index (χ4n) is 2.72. The maximum Gasteiger partial charge on any atom is 0.314 e. The first-order chi connectivity index (χ1) is 10.6. The molecule has 0 spiro atoms. The first kappa shape index (κ1) is 14.3. The third kappa shape index (κ3) is 2.85. The van der Waals surface area contributed by atoms with Crippen molar-refractivity contribution in [3.8, 4) is 0 Å². The predicted octanol–water partition coefficient (Wildman–Crippen LogP) is 0.835. The molecule has 1 aliphatic rings. The van der Waals surface area contributed by atoms with Crippen molar-refractivity contribution >= 4 is 17.5 Å². The molecule has 116 valence electrons. The van der Waals surface area contributed by atoms with Crippen molar-refractivity contribution in [1.29, 1.82) is 0 Å². The number of hydrogen-bond donors (Lipinski definition) is 2. The highest BCUT2D eigenvalue weighted by Gasteiger charge is 2.33. The molecule has 0 radical (unpaired) electrons. The Labute approximate surface area is 127 Å².